The van der Waals surface area contributed by atoms with Crippen LogP contribution in [0.1, 0.15) is 42.4 Å². The van der Waals surface area contributed by atoms with E-state index in [0.717, 1.165) is 22.0 Å². The van der Waals surface area contributed by atoms with Gasteiger partial charge in [0.1, 0.15) is 17.2 Å². The molecule has 0 radical (unpaired) electrons. The number of pyridine rings is 1. The third-order valence-electron chi connectivity index (χ3n) is 6.07. The summed E-state index contributed by atoms with van der Waals surface area (Å²) in [7, 11) is 0. The van der Waals surface area contributed by atoms with Gasteiger partial charge in [-0.15, -0.1) is 0 Å². The van der Waals surface area contributed by atoms with Crippen LogP contribution < -0.4 is 10.1 Å². The number of fused-ring (bicyclic) bond motifs is 1. The van der Waals surface area contributed by atoms with Crippen molar-refractivity contribution >= 4 is 22.4 Å². The number of nitrogens with zero attached hydrogens (tertiary/aromatic N) is 2. The lowest BCUT2D eigenvalue weighted by molar-refractivity contribution is 0.102. The molecule has 5 aromatic rings. The Hall–Kier alpha value is -4.49. The molecular weight excluding hydrogens is 464 g/mol. The van der Waals surface area contributed by atoms with Crippen LogP contribution in [0.25, 0.3) is 22.3 Å². The molecule has 0 fully saturated rings. The van der Waals surface area contributed by atoms with Gasteiger partial charge >= 0.3 is 0 Å². The molecule has 0 aliphatic heterocycles. The Kier molecular flexibility index (Phi) is 6.46. The lowest BCUT2D eigenvalue weighted by atomic mass is 9.87. The van der Waals surface area contributed by atoms with Gasteiger partial charge in [-0.3, -0.25) is 9.78 Å². The zero-order chi connectivity index (χ0) is 26.0. The van der Waals surface area contributed by atoms with Gasteiger partial charge in [-0.05, 0) is 64.2 Å². The van der Waals surface area contributed by atoms with Crippen molar-refractivity contribution in [1.29, 1.82) is 0 Å². The summed E-state index contributed by atoms with van der Waals surface area (Å²) in [4.78, 5) is 24.6. The highest BCUT2D eigenvalue weighted by molar-refractivity contribution is 6.06. The number of aliphatic hydroxyl groups excluding tert-OH is 1. The van der Waals surface area contributed by atoms with Crippen molar-refractivity contribution < 1.29 is 14.6 Å². The van der Waals surface area contributed by atoms with Crippen molar-refractivity contribution in [1.82, 2.24) is 15.0 Å². The Morgan fingerprint density at radius 3 is 2.54 bits per heavy atom. The predicted octanol–water partition coefficient (Wildman–Crippen LogP) is 6.46. The minimum atomic E-state index is -0.168. The average Bonchev–Trinajstić information content (AvgIpc) is 3.38. The standard InChI is InChI=1S/C30H28N4O3/c1-30(2,3)22-5-4-6-23(15-22)34-29(36)20-8-7-19-9-10-25(14-21(19)13-20)37-26-11-12-31-27(16-26)28-32-17-24(18-35)33-28/h4-17,35H,18H2,1-3H3,(H,32,33)(H,34,36). The quantitative estimate of drug-likeness (QED) is 0.253. The summed E-state index contributed by atoms with van der Waals surface area (Å²) in [6.45, 7) is 6.32. The van der Waals surface area contributed by atoms with Crippen LogP contribution in [-0.2, 0) is 12.0 Å². The smallest absolute Gasteiger partial charge is 0.255 e. The number of ether oxygens (including phenoxy) is 1. The minimum absolute atomic E-state index is 0.00397. The first-order valence-corrected chi connectivity index (χ1v) is 12.0. The van der Waals surface area contributed by atoms with Crippen LogP contribution in [0, 0.1) is 0 Å². The second-order valence-electron chi connectivity index (χ2n) is 9.90. The monoisotopic (exact) mass is 492 g/mol. The first-order valence-electron chi connectivity index (χ1n) is 12.0. The summed E-state index contributed by atoms with van der Waals surface area (Å²) in [5.74, 6) is 1.62. The summed E-state index contributed by atoms with van der Waals surface area (Å²) < 4.78 is 6.09. The molecule has 0 atom stereocenters. The molecule has 0 saturated heterocycles. The van der Waals surface area contributed by atoms with Gasteiger partial charge in [0, 0.05) is 23.5 Å². The Balaban J connectivity index is 1.36. The molecule has 0 bridgehead atoms. The molecule has 3 N–H and O–H groups in total. The van der Waals surface area contributed by atoms with Crippen LogP contribution in [0.3, 0.4) is 0 Å². The maximum Gasteiger partial charge on any atom is 0.255 e. The van der Waals surface area contributed by atoms with Crippen LogP contribution in [0.2, 0.25) is 0 Å². The Labute approximate surface area is 215 Å². The van der Waals surface area contributed by atoms with Gasteiger partial charge in [0.05, 0.1) is 18.5 Å². The van der Waals surface area contributed by atoms with E-state index < -0.39 is 0 Å². The third kappa shape index (κ3) is 5.52. The van der Waals surface area contributed by atoms with Gasteiger partial charge in [0.2, 0.25) is 0 Å². The molecule has 0 aliphatic rings. The topological polar surface area (TPSA) is 100 Å². The highest BCUT2D eigenvalue weighted by atomic mass is 16.5. The number of rotatable bonds is 6. The maximum atomic E-state index is 13.0. The lowest BCUT2D eigenvalue weighted by Gasteiger charge is -2.20. The second-order valence-corrected chi connectivity index (χ2v) is 9.90. The number of anilines is 1. The van der Waals surface area contributed by atoms with Crippen molar-refractivity contribution in [3.63, 3.8) is 0 Å². The van der Waals surface area contributed by atoms with Crippen molar-refractivity contribution in [3.8, 4) is 23.0 Å². The molecule has 2 heterocycles. The summed E-state index contributed by atoms with van der Waals surface area (Å²) in [5.41, 5.74) is 3.70. The van der Waals surface area contributed by atoms with Crippen LogP contribution in [0.5, 0.6) is 11.5 Å². The second kappa shape index (κ2) is 9.87. The van der Waals surface area contributed by atoms with Gasteiger partial charge < -0.3 is 20.1 Å². The Morgan fingerprint density at radius 2 is 1.76 bits per heavy atom. The molecule has 7 nitrogen and oxygen atoms in total. The molecule has 0 aliphatic carbocycles. The van der Waals surface area contributed by atoms with Crippen LogP contribution in [-0.4, -0.2) is 26.0 Å². The molecule has 186 valence electrons. The van der Waals surface area contributed by atoms with Crippen molar-refractivity contribution in [2.24, 2.45) is 0 Å². The molecule has 3 aromatic carbocycles. The SMILES string of the molecule is CC(C)(C)c1cccc(NC(=O)c2ccc3ccc(Oc4ccnc(-c5ncc(CO)[nH]5)c4)cc3c2)c1. The summed E-state index contributed by atoms with van der Waals surface area (Å²) >= 11 is 0. The average molecular weight is 493 g/mol. The number of carbonyl (C=O) groups excluding carboxylic acids is 1. The van der Waals surface area contributed by atoms with E-state index in [-0.39, 0.29) is 17.9 Å². The number of nitrogens with one attached hydrogen (secondary N) is 2. The molecule has 7 heteroatoms. The van der Waals surface area contributed by atoms with Crippen molar-refractivity contribution in [3.05, 3.63) is 102 Å². The van der Waals surface area contributed by atoms with Gasteiger partial charge in [0.15, 0.2) is 5.82 Å². The number of imidazole rings is 1. The molecule has 0 saturated carbocycles. The van der Waals surface area contributed by atoms with Crippen molar-refractivity contribution in [2.45, 2.75) is 32.8 Å². The summed E-state index contributed by atoms with van der Waals surface area (Å²) in [6, 6.07) is 22.9. The number of aromatic amines is 1. The van der Waals surface area contributed by atoms with Crippen LogP contribution >= 0.6 is 0 Å². The number of hydrogen-bond donors (Lipinski definition) is 3. The van der Waals surface area contributed by atoms with E-state index in [2.05, 4.69) is 47.1 Å². The molecule has 5 rings (SSSR count). The fraction of sp³-hybridized carbons (Fsp3) is 0.167. The van der Waals surface area contributed by atoms with Crippen molar-refractivity contribution in [2.75, 3.05) is 5.32 Å². The van der Waals surface area contributed by atoms with E-state index in [9.17, 15) is 9.90 Å². The van der Waals surface area contributed by atoms with E-state index in [1.54, 1.807) is 24.5 Å². The van der Waals surface area contributed by atoms with E-state index >= 15 is 0 Å². The zero-order valence-corrected chi connectivity index (χ0v) is 20.9. The summed E-state index contributed by atoms with van der Waals surface area (Å²) in [6.07, 6.45) is 3.22. The van der Waals surface area contributed by atoms with Gasteiger partial charge in [-0.25, -0.2) is 4.98 Å². The molecule has 1 amide bonds. The first-order chi connectivity index (χ1) is 17.8. The van der Waals surface area contributed by atoms with Gasteiger partial charge in [-0.2, -0.15) is 0 Å². The Bertz CT molecular complexity index is 1580. The van der Waals surface area contributed by atoms with Gasteiger partial charge in [-0.1, -0.05) is 45.0 Å². The number of benzene rings is 3. The fourth-order valence-electron chi connectivity index (χ4n) is 4.01. The molecular formula is C30H28N4O3. The fourth-order valence-corrected chi connectivity index (χ4v) is 4.01. The predicted molar refractivity (Wildman–Crippen MR) is 145 cm³/mol. The van der Waals surface area contributed by atoms with E-state index in [1.807, 2.05) is 54.6 Å². The van der Waals surface area contributed by atoms with Crippen LogP contribution in [0.15, 0.2) is 85.2 Å². The highest BCUT2D eigenvalue weighted by Crippen LogP contribution is 2.29. The zero-order valence-electron chi connectivity index (χ0n) is 20.9. The molecule has 2 aromatic heterocycles. The molecule has 0 unspecified atom stereocenters. The number of H-pyrrole nitrogens is 1. The first kappa shape index (κ1) is 24.2. The van der Waals surface area contributed by atoms with E-state index in [0.29, 0.717) is 34.3 Å². The molecule has 0 spiro atoms. The normalized spacial score (nSPS) is 11.5. The minimum Gasteiger partial charge on any atom is -0.457 e. The lowest BCUT2D eigenvalue weighted by Crippen LogP contribution is -2.14. The number of hydrogen-bond acceptors (Lipinski definition) is 5. The van der Waals surface area contributed by atoms with Gasteiger partial charge in [0.25, 0.3) is 5.91 Å². The number of carbonyl (C=O) groups is 1. The molecule has 37 heavy (non-hydrogen) atoms. The van der Waals surface area contributed by atoms with E-state index in [4.69, 9.17) is 4.74 Å². The number of amides is 1. The maximum absolute atomic E-state index is 13.0. The number of aromatic nitrogens is 3. The highest BCUT2D eigenvalue weighted by Gasteiger charge is 2.15. The largest absolute Gasteiger partial charge is 0.457 e. The van der Waals surface area contributed by atoms with E-state index in [1.165, 1.54) is 0 Å². The third-order valence-corrected chi connectivity index (χ3v) is 6.07. The summed E-state index contributed by atoms with van der Waals surface area (Å²) in [5, 5.41) is 14.2. The Morgan fingerprint density at radius 1 is 0.946 bits per heavy atom. The number of aliphatic hydroxyl groups is 1. The van der Waals surface area contributed by atoms with Crippen LogP contribution in [0.4, 0.5) is 5.69 Å².